The number of carbonyl (C=O) groups excluding carboxylic acids is 1. The van der Waals surface area contributed by atoms with Crippen molar-refractivity contribution in [3.8, 4) is 22.9 Å². The fourth-order valence-corrected chi connectivity index (χ4v) is 4.23. The second-order valence-corrected chi connectivity index (χ2v) is 8.45. The number of aromatic nitrogens is 3. The number of aryl methyl sites for hydroxylation is 1. The SMILES string of the molecule is COCCn1c(SCC(=O)NC(C)c2ccc3c(c2)OCO3)nnc1-c1cccc(C)c1. The number of nitrogens with zero attached hydrogens (tertiary/aromatic N) is 3. The molecule has 0 aliphatic carbocycles. The van der Waals surface area contributed by atoms with Crippen LogP contribution in [0.5, 0.6) is 11.5 Å². The van der Waals surface area contributed by atoms with Crippen LogP contribution >= 0.6 is 11.8 Å². The van der Waals surface area contributed by atoms with Crippen molar-refractivity contribution >= 4 is 17.7 Å². The molecule has 0 radical (unpaired) electrons. The number of ether oxygens (including phenoxy) is 3. The van der Waals surface area contributed by atoms with Crippen LogP contribution in [-0.4, -0.2) is 46.9 Å². The van der Waals surface area contributed by atoms with Crippen LogP contribution < -0.4 is 14.8 Å². The van der Waals surface area contributed by atoms with Gasteiger partial charge in [-0.2, -0.15) is 0 Å². The zero-order valence-corrected chi connectivity index (χ0v) is 19.1. The lowest BCUT2D eigenvalue weighted by atomic mass is 10.1. The van der Waals surface area contributed by atoms with E-state index in [1.807, 2.05) is 54.8 Å². The second kappa shape index (κ2) is 10.1. The quantitative estimate of drug-likeness (QED) is 0.494. The first-order valence-corrected chi connectivity index (χ1v) is 11.3. The molecule has 8 nitrogen and oxygen atoms in total. The van der Waals surface area contributed by atoms with Crippen LogP contribution in [0.25, 0.3) is 11.4 Å². The molecule has 1 unspecified atom stereocenters. The van der Waals surface area contributed by atoms with E-state index in [9.17, 15) is 4.79 Å². The van der Waals surface area contributed by atoms with Crippen LogP contribution in [0.1, 0.15) is 24.1 Å². The predicted molar refractivity (Wildman–Crippen MR) is 122 cm³/mol. The number of rotatable bonds is 9. The molecule has 9 heteroatoms. The Morgan fingerprint density at radius 3 is 2.88 bits per heavy atom. The van der Waals surface area contributed by atoms with Gasteiger partial charge < -0.3 is 19.5 Å². The Morgan fingerprint density at radius 2 is 2.06 bits per heavy atom. The Bertz CT molecular complexity index is 1100. The number of fused-ring (bicyclic) bond motifs is 1. The number of thioether (sulfide) groups is 1. The van der Waals surface area contributed by atoms with Crippen molar-refractivity contribution in [1.29, 1.82) is 0 Å². The van der Waals surface area contributed by atoms with E-state index < -0.39 is 0 Å². The summed E-state index contributed by atoms with van der Waals surface area (Å²) in [5.74, 6) is 2.34. The lowest BCUT2D eigenvalue weighted by Gasteiger charge is -2.15. The Kier molecular flexibility index (Phi) is 6.96. The fraction of sp³-hybridized carbons (Fsp3) is 0.348. The fourth-order valence-electron chi connectivity index (χ4n) is 3.46. The van der Waals surface area contributed by atoms with Crippen molar-refractivity contribution in [3.63, 3.8) is 0 Å². The summed E-state index contributed by atoms with van der Waals surface area (Å²) < 4.78 is 18.0. The molecule has 0 bridgehead atoms. The van der Waals surface area contributed by atoms with E-state index in [1.165, 1.54) is 11.8 Å². The third-order valence-corrected chi connectivity index (χ3v) is 6.09. The zero-order chi connectivity index (χ0) is 22.5. The summed E-state index contributed by atoms with van der Waals surface area (Å²) in [6.07, 6.45) is 0. The summed E-state index contributed by atoms with van der Waals surface area (Å²) in [4.78, 5) is 12.6. The first kappa shape index (κ1) is 22.2. The monoisotopic (exact) mass is 454 g/mol. The molecule has 2 heterocycles. The van der Waals surface area contributed by atoms with E-state index in [-0.39, 0.29) is 24.5 Å². The summed E-state index contributed by atoms with van der Waals surface area (Å²) in [7, 11) is 1.66. The Hall–Kier alpha value is -3.04. The number of benzene rings is 2. The standard InChI is InChI=1S/C23H26N4O4S/c1-15-5-4-6-18(11-15)22-25-26-23(27(22)9-10-29-3)32-13-21(28)24-16(2)17-7-8-19-20(12-17)31-14-30-19/h4-8,11-12,16H,9-10,13-14H2,1-3H3,(H,24,28). The van der Waals surface area contributed by atoms with E-state index in [0.29, 0.717) is 24.1 Å². The van der Waals surface area contributed by atoms with Gasteiger partial charge in [-0.05, 0) is 37.6 Å². The molecule has 1 N–H and O–H groups in total. The van der Waals surface area contributed by atoms with Gasteiger partial charge in [0.05, 0.1) is 24.9 Å². The molecule has 0 spiro atoms. The van der Waals surface area contributed by atoms with Gasteiger partial charge in [0.15, 0.2) is 22.5 Å². The first-order valence-electron chi connectivity index (χ1n) is 10.4. The third kappa shape index (κ3) is 5.05. The summed E-state index contributed by atoms with van der Waals surface area (Å²) in [6, 6.07) is 13.7. The molecule has 1 aliphatic heterocycles. The van der Waals surface area contributed by atoms with Crippen LogP contribution in [0, 0.1) is 6.92 Å². The van der Waals surface area contributed by atoms with Gasteiger partial charge >= 0.3 is 0 Å². The summed E-state index contributed by atoms with van der Waals surface area (Å²) in [5.41, 5.74) is 3.09. The molecule has 0 saturated heterocycles. The van der Waals surface area contributed by atoms with Gasteiger partial charge in [0, 0.05) is 12.7 Å². The molecule has 2 aromatic carbocycles. The topological polar surface area (TPSA) is 87.5 Å². The van der Waals surface area contributed by atoms with Crippen molar-refractivity contribution < 1.29 is 19.0 Å². The molecule has 1 amide bonds. The van der Waals surface area contributed by atoms with Gasteiger partial charge in [0.25, 0.3) is 0 Å². The molecular weight excluding hydrogens is 428 g/mol. The predicted octanol–water partition coefficient (Wildman–Crippen LogP) is 3.60. The molecule has 1 aromatic heterocycles. The normalized spacial score (nSPS) is 13.2. The number of carbonyl (C=O) groups is 1. The van der Waals surface area contributed by atoms with Gasteiger partial charge in [-0.1, -0.05) is 41.6 Å². The average molecular weight is 455 g/mol. The second-order valence-electron chi connectivity index (χ2n) is 7.51. The van der Waals surface area contributed by atoms with Gasteiger partial charge in [0.2, 0.25) is 12.7 Å². The highest BCUT2D eigenvalue weighted by atomic mass is 32.2. The summed E-state index contributed by atoms with van der Waals surface area (Å²) in [6.45, 7) is 5.34. The van der Waals surface area contributed by atoms with Crippen molar-refractivity contribution in [2.24, 2.45) is 0 Å². The lowest BCUT2D eigenvalue weighted by Crippen LogP contribution is -2.28. The Morgan fingerprint density at radius 1 is 1.22 bits per heavy atom. The van der Waals surface area contributed by atoms with E-state index >= 15 is 0 Å². The Labute approximate surface area is 191 Å². The number of methoxy groups -OCH3 is 1. The van der Waals surface area contributed by atoms with E-state index in [2.05, 4.69) is 21.6 Å². The maximum absolute atomic E-state index is 12.6. The molecule has 4 rings (SSSR count). The number of hydrogen-bond donors (Lipinski definition) is 1. The molecule has 1 aliphatic rings. The van der Waals surface area contributed by atoms with E-state index in [1.54, 1.807) is 7.11 Å². The Balaban J connectivity index is 1.41. The smallest absolute Gasteiger partial charge is 0.231 e. The number of hydrogen-bond acceptors (Lipinski definition) is 7. The van der Waals surface area contributed by atoms with Crippen LogP contribution in [-0.2, 0) is 16.1 Å². The van der Waals surface area contributed by atoms with Crippen LogP contribution in [0.2, 0.25) is 0 Å². The summed E-state index contributed by atoms with van der Waals surface area (Å²) >= 11 is 1.36. The first-order chi connectivity index (χ1) is 15.5. The largest absolute Gasteiger partial charge is 0.454 e. The molecule has 32 heavy (non-hydrogen) atoms. The maximum Gasteiger partial charge on any atom is 0.231 e. The van der Waals surface area contributed by atoms with E-state index in [0.717, 1.165) is 28.3 Å². The highest BCUT2D eigenvalue weighted by Crippen LogP contribution is 2.34. The highest BCUT2D eigenvalue weighted by molar-refractivity contribution is 7.99. The number of nitrogens with one attached hydrogen (secondary N) is 1. The van der Waals surface area contributed by atoms with Gasteiger partial charge in [-0.3, -0.25) is 9.36 Å². The summed E-state index contributed by atoms with van der Waals surface area (Å²) in [5, 5.41) is 12.4. The molecule has 168 valence electrons. The van der Waals surface area contributed by atoms with Crippen molar-refractivity contribution in [2.75, 3.05) is 26.3 Å². The van der Waals surface area contributed by atoms with Gasteiger partial charge in [0.1, 0.15) is 0 Å². The van der Waals surface area contributed by atoms with E-state index in [4.69, 9.17) is 14.2 Å². The minimum absolute atomic E-state index is 0.0847. The van der Waals surface area contributed by atoms with Gasteiger partial charge in [-0.15, -0.1) is 10.2 Å². The van der Waals surface area contributed by atoms with Crippen molar-refractivity contribution in [3.05, 3.63) is 53.6 Å². The average Bonchev–Trinajstić information content (AvgIpc) is 3.42. The van der Waals surface area contributed by atoms with Crippen molar-refractivity contribution in [1.82, 2.24) is 20.1 Å². The minimum atomic E-state index is -0.160. The number of amides is 1. The van der Waals surface area contributed by atoms with Crippen LogP contribution in [0.3, 0.4) is 0 Å². The van der Waals surface area contributed by atoms with Crippen LogP contribution in [0.4, 0.5) is 0 Å². The molecule has 0 saturated carbocycles. The maximum atomic E-state index is 12.6. The third-order valence-electron chi connectivity index (χ3n) is 5.12. The van der Waals surface area contributed by atoms with Gasteiger partial charge in [-0.25, -0.2) is 0 Å². The van der Waals surface area contributed by atoms with Crippen molar-refractivity contribution in [2.45, 2.75) is 31.6 Å². The molecular formula is C23H26N4O4S. The highest BCUT2D eigenvalue weighted by Gasteiger charge is 2.19. The minimum Gasteiger partial charge on any atom is -0.454 e. The lowest BCUT2D eigenvalue weighted by molar-refractivity contribution is -0.119. The molecule has 3 aromatic rings. The molecule has 1 atom stereocenters. The van der Waals surface area contributed by atoms with Crippen LogP contribution in [0.15, 0.2) is 47.6 Å². The molecule has 0 fully saturated rings. The zero-order valence-electron chi connectivity index (χ0n) is 18.3.